The van der Waals surface area contributed by atoms with Crippen LogP contribution in [0.2, 0.25) is 0 Å². The second-order valence-corrected chi connectivity index (χ2v) is 6.77. The van der Waals surface area contributed by atoms with Crippen molar-refractivity contribution in [3.8, 4) is 0 Å². The van der Waals surface area contributed by atoms with Gasteiger partial charge in [-0.25, -0.2) is 12.8 Å². The standard InChI is InChI=1S/C13H19FN2O4S/c1-19-12-7-16(8-13(12)20-2)21(17,18)10-3-4-11(14)9(5-10)6-15/h3-5,12-13H,6-8,15H2,1-2H3. The molecule has 1 aliphatic heterocycles. The minimum Gasteiger partial charge on any atom is -0.377 e. The lowest BCUT2D eigenvalue weighted by atomic mass is 10.2. The van der Waals surface area contributed by atoms with Crippen LogP contribution in [0.5, 0.6) is 0 Å². The van der Waals surface area contributed by atoms with Crippen molar-refractivity contribution in [1.29, 1.82) is 0 Å². The van der Waals surface area contributed by atoms with Gasteiger partial charge in [-0.1, -0.05) is 0 Å². The summed E-state index contributed by atoms with van der Waals surface area (Å²) in [6.07, 6.45) is -0.640. The van der Waals surface area contributed by atoms with Gasteiger partial charge in [-0.05, 0) is 18.2 Å². The molecule has 2 unspecified atom stereocenters. The third-order valence-corrected chi connectivity index (χ3v) is 5.49. The predicted molar refractivity (Wildman–Crippen MR) is 74.6 cm³/mol. The Morgan fingerprint density at radius 1 is 1.29 bits per heavy atom. The Balaban J connectivity index is 2.31. The molecule has 6 nitrogen and oxygen atoms in total. The van der Waals surface area contributed by atoms with E-state index in [1.807, 2.05) is 0 Å². The highest BCUT2D eigenvalue weighted by atomic mass is 32.2. The fourth-order valence-electron chi connectivity index (χ4n) is 2.38. The molecule has 2 atom stereocenters. The van der Waals surface area contributed by atoms with E-state index in [2.05, 4.69) is 0 Å². The van der Waals surface area contributed by atoms with E-state index in [4.69, 9.17) is 15.2 Å². The lowest BCUT2D eigenvalue weighted by Gasteiger charge is -2.16. The van der Waals surface area contributed by atoms with Crippen LogP contribution in [0.4, 0.5) is 4.39 Å². The van der Waals surface area contributed by atoms with Gasteiger partial charge in [0.1, 0.15) is 5.82 Å². The van der Waals surface area contributed by atoms with Gasteiger partial charge in [0, 0.05) is 39.4 Å². The van der Waals surface area contributed by atoms with Crippen molar-refractivity contribution in [3.63, 3.8) is 0 Å². The molecule has 1 aromatic rings. The van der Waals surface area contributed by atoms with Crippen molar-refractivity contribution < 1.29 is 22.3 Å². The Morgan fingerprint density at radius 2 is 1.86 bits per heavy atom. The molecule has 118 valence electrons. The molecule has 1 heterocycles. The maximum atomic E-state index is 13.4. The van der Waals surface area contributed by atoms with Gasteiger partial charge >= 0.3 is 0 Å². The van der Waals surface area contributed by atoms with E-state index >= 15 is 0 Å². The molecule has 0 bridgehead atoms. The Kier molecular flexibility index (Phi) is 4.95. The van der Waals surface area contributed by atoms with Crippen LogP contribution in [0.25, 0.3) is 0 Å². The number of rotatable bonds is 5. The first-order chi connectivity index (χ1) is 9.93. The van der Waals surface area contributed by atoms with Crippen LogP contribution in [-0.2, 0) is 26.0 Å². The van der Waals surface area contributed by atoms with Crippen molar-refractivity contribution in [2.75, 3.05) is 27.3 Å². The first-order valence-corrected chi connectivity index (χ1v) is 7.92. The monoisotopic (exact) mass is 318 g/mol. The molecular weight excluding hydrogens is 299 g/mol. The summed E-state index contributed by atoms with van der Waals surface area (Å²) in [4.78, 5) is 0.0240. The molecule has 1 aromatic carbocycles. The number of halogens is 1. The van der Waals surface area contributed by atoms with Gasteiger partial charge in [-0.3, -0.25) is 0 Å². The Bertz CT molecular complexity index is 596. The molecule has 2 rings (SSSR count). The minimum atomic E-state index is -3.72. The molecule has 0 saturated carbocycles. The SMILES string of the molecule is COC1CN(S(=O)(=O)c2ccc(F)c(CN)c2)CC1OC. The van der Waals surface area contributed by atoms with E-state index in [0.717, 1.165) is 6.07 Å². The Morgan fingerprint density at radius 3 is 2.33 bits per heavy atom. The summed E-state index contributed by atoms with van der Waals surface area (Å²) < 4.78 is 50.4. The number of ether oxygens (including phenoxy) is 2. The van der Waals surface area contributed by atoms with Crippen molar-refractivity contribution in [2.45, 2.75) is 23.6 Å². The molecule has 1 fully saturated rings. The van der Waals surface area contributed by atoms with E-state index in [0.29, 0.717) is 0 Å². The summed E-state index contributed by atoms with van der Waals surface area (Å²) in [5.41, 5.74) is 5.58. The number of sulfonamides is 1. The van der Waals surface area contributed by atoms with Crippen LogP contribution in [0.15, 0.2) is 23.1 Å². The number of hydrogen-bond donors (Lipinski definition) is 1. The highest BCUT2D eigenvalue weighted by molar-refractivity contribution is 7.89. The normalized spacial score (nSPS) is 23.6. The second kappa shape index (κ2) is 6.37. The number of methoxy groups -OCH3 is 2. The summed E-state index contributed by atoms with van der Waals surface area (Å²) in [5.74, 6) is -0.512. The van der Waals surface area contributed by atoms with Crippen LogP contribution in [0.3, 0.4) is 0 Å². The molecular formula is C13H19FN2O4S. The van der Waals surface area contributed by atoms with E-state index < -0.39 is 15.8 Å². The van der Waals surface area contributed by atoms with E-state index in [9.17, 15) is 12.8 Å². The zero-order chi connectivity index (χ0) is 15.6. The van der Waals surface area contributed by atoms with Gasteiger partial charge in [0.05, 0.1) is 17.1 Å². The van der Waals surface area contributed by atoms with Crippen molar-refractivity contribution in [1.82, 2.24) is 4.31 Å². The van der Waals surface area contributed by atoms with Crippen molar-refractivity contribution in [3.05, 3.63) is 29.6 Å². The molecule has 1 saturated heterocycles. The van der Waals surface area contributed by atoms with Gasteiger partial charge in [-0.2, -0.15) is 4.31 Å². The van der Waals surface area contributed by atoms with E-state index in [1.54, 1.807) is 0 Å². The molecule has 0 radical (unpaired) electrons. The molecule has 0 aromatic heterocycles. The van der Waals surface area contributed by atoms with E-state index in [1.165, 1.54) is 30.7 Å². The molecule has 2 N–H and O–H groups in total. The molecule has 0 amide bonds. The molecule has 1 aliphatic rings. The average Bonchev–Trinajstić information content (AvgIpc) is 2.91. The first-order valence-electron chi connectivity index (χ1n) is 6.48. The number of nitrogens with zero attached hydrogens (tertiary/aromatic N) is 1. The van der Waals surface area contributed by atoms with Crippen molar-refractivity contribution in [2.24, 2.45) is 5.73 Å². The lowest BCUT2D eigenvalue weighted by Crippen LogP contribution is -2.30. The van der Waals surface area contributed by atoms with Gasteiger partial charge in [0.2, 0.25) is 10.0 Å². The zero-order valence-electron chi connectivity index (χ0n) is 12.0. The lowest BCUT2D eigenvalue weighted by molar-refractivity contribution is -0.00461. The molecule has 8 heteroatoms. The smallest absolute Gasteiger partial charge is 0.243 e. The topological polar surface area (TPSA) is 81.9 Å². The molecule has 21 heavy (non-hydrogen) atoms. The largest absolute Gasteiger partial charge is 0.377 e. The number of benzene rings is 1. The highest BCUT2D eigenvalue weighted by Crippen LogP contribution is 2.25. The van der Waals surface area contributed by atoms with E-state index in [-0.39, 0.29) is 42.3 Å². The van der Waals surface area contributed by atoms with Gasteiger partial charge in [0.25, 0.3) is 0 Å². The summed E-state index contributed by atoms with van der Waals surface area (Å²) in [6, 6.07) is 3.63. The summed E-state index contributed by atoms with van der Waals surface area (Å²) in [5, 5.41) is 0. The van der Waals surface area contributed by atoms with Crippen molar-refractivity contribution >= 4 is 10.0 Å². The Labute approximate surface area is 123 Å². The molecule has 0 aliphatic carbocycles. The van der Waals surface area contributed by atoms with Crippen LogP contribution < -0.4 is 5.73 Å². The minimum absolute atomic E-state index is 0.0240. The third-order valence-electron chi connectivity index (χ3n) is 3.66. The fourth-order valence-corrected chi connectivity index (χ4v) is 3.89. The van der Waals surface area contributed by atoms with Gasteiger partial charge < -0.3 is 15.2 Å². The number of nitrogens with two attached hydrogens (primary N) is 1. The maximum absolute atomic E-state index is 13.4. The second-order valence-electron chi connectivity index (χ2n) is 4.83. The first kappa shape index (κ1) is 16.3. The number of hydrogen-bond acceptors (Lipinski definition) is 5. The van der Waals surface area contributed by atoms with Gasteiger partial charge in [0.15, 0.2) is 0 Å². The van der Waals surface area contributed by atoms with Crippen LogP contribution in [0, 0.1) is 5.82 Å². The van der Waals surface area contributed by atoms with Crippen LogP contribution >= 0.6 is 0 Å². The summed E-state index contributed by atoms with van der Waals surface area (Å²) >= 11 is 0. The average molecular weight is 318 g/mol. The molecule has 0 spiro atoms. The van der Waals surface area contributed by atoms with Gasteiger partial charge in [-0.15, -0.1) is 0 Å². The quantitative estimate of drug-likeness (QED) is 0.845. The Hall–Kier alpha value is -1.06. The predicted octanol–water partition coefficient (Wildman–Crippen LogP) is 0.319. The van der Waals surface area contributed by atoms with Crippen LogP contribution in [-0.4, -0.2) is 52.2 Å². The summed E-state index contributed by atoms with van der Waals surface area (Å²) in [6.45, 7) is 0.343. The third kappa shape index (κ3) is 3.09. The van der Waals surface area contributed by atoms with Crippen LogP contribution in [0.1, 0.15) is 5.56 Å². The maximum Gasteiger partial charge on any atom is 0.243 e. The highest BCUT2D eigenvalue weighted by Gasteiger charge is 2.39. The zero-order valence-corrected chi connectivity index (χ0v) is 12.8. The summed E-state index contributed by atoms with van der Waals surface area (Å²) in [7, 11) is -0.701. The fraction of sp³-hybridized carbons (Fsp3) is 0.538.